The Hall–Kier alpha value is -2.77. The number of ether oxygens (including phenoxy) is 3. The summed E-state index contributed by atoms with van der Waals surface area (Å²) < 4.78 is 16.9. The largest absolute Gasteiger partial charge is 0.363 e. The molecule has 2 aliphatic carbocycles. The molecule has 2 saturated heterocycles. The minimum absolute atomic E-state index is 0.0234. The van der Waals surface area contributed by atoms with Crippen LogP contribution < -0.4 is 21.7 Å². The van der Waals surface area contributed by atoms with Crippen LogP contribution in [-0.2, 0) is 33.4 Å². The van der Waals surface area contributed by atoms with E-state index >= 15 is 0 Å². The topological polar surface area (TPSA) is 182 Å². The van der Waals surface area contributed by atoms with Gasteiger partial charge in [-0.25, -0.2) is 4.79 Å². The van der Waals surface area contributed by atoms with Crippen LogP contribution in [0.2, 0.25) is 0 Å². The quantitative estimate of drug-likeness (QED) is 0.143. The minimum Gasteiger partial charge on any atom is -0.363 e. The Balaban J connectivity index is 1.42. The molecule has 0 spiro atoms. The Labute approximate surface area is 279 Å². The molecule has 2 aliphatic heterocycles. The van der Waals surface area contributed by atoms with E-state index in [4.69, 9.17) is 19.9 Å². The Morgan fingerprint density at radius 3 is 2.09 bits per heavy atom. The van der Waals surface area contributed by atoms with E-state index in [1.54, 1.807) is 4.90 Å². The monoisotopic (exact) mass is 663 g/mol. The average Bonchev–Trinajstić information content (AvgIpc) is 3.74. The summed E-state index contributed by atoms with van der Waals surface area (Å²) in [4.78, 5) is 67.7. The molecule has 0 aromatic heterocycles. The molecule has 2 saturated carbocycles. The number of rotatable bonds is 16. The predicted molar refractivity (Wildman–Crippen MR) is 173 cm³/mol. The van der Waals surface area contributed by atoms with E-state index < -0.39 is 59.7 Å². The van der Waals surface area contributed by atoms with E-state index in [2.05, 4.69) is 29.8 Å². The van der Waals surface area contributed by atoms with Gasteiger partial charge in [0.25, 0.3) is 5.91 Å². The number of fused-ring (bicyclic) bond motifs is 1. The number of Topliss-reactive ketones (excluding diaryl/α,β-unsaturated/α-hetero) is 1. The fourth-order valence-electron chi connectivity index (χ4n) is 6.90. The Morgan fingerprint density at radius 1 is 0.957 bits per heavy atom. The van der Waals surface area contributed by atoms with Gasteiger partial charge in [0, 0.05) is 6.54 Å². The van der Waals surface area contributed by atoms with Gasteiger partial charge in [-0.15, -0.1) is 0 Å². The summed E-state index contributed by atoms with van der Waals surface area (Å²) in [5.41, 5.74) is 4.47. The van der Waals surface area contributed by atoms with Crippen LogP contribution in [0.1, 0.15) is 88.0 Å². The number of likely N-dealkylation sites (tertiary alicyclic amines) is 1. The number of hydrogen-bond acceptors (Lipinski definition) is 8. The number of epoxide rings is 1. The molecule has 13 heteroatoms. The van der Waals surface area contributed by atoms with E-state index in [0.717, 1.165) is 19.3 Å². The Morgan fingerprint density at radius 2 is 1.57 bits per heavy atom. The van der Waals surface area contributed by atoms with Crippen LogP contribution in [0, 0.1) is 40.4 Å². The second kappa shape index (κ2) is 14.4. The lowest BCUT2D eigenvalue weighted by Crippen LogP contribution is -2.62. The second-order valence-electron chi connectivity index (χ2n) is 16.4. The summed E-state index contributed by atoms with van der Waals surface area (Å²) in [6.07, 6.45) is 2.35. The van der Waals surface area contributed by atoms with Gasteiger partial charge >= 0.3 is 6.03 Å². The summed E-state index contributed by atoms with van der Waals surface area (Å²) in [6, 6.07) is -3.72. The number of carbonyl (C=O) groups excluding carboxylic acids is 5. The number of hydrogen-bond donors (Lipinski definition) is 4. The van der Waals surface area contributed by atoms with Crippen LogP contribution in [0.3, 0.4) is 0 Å². The highest BCUT2D eigenvalue weighted by atomic mass is 16.9. The standard InChI is InChI=1S/C34H57N5O8/c1-17(2)15-45-30-31(47-30)46-16-22(18(3)4)37-32(44)38-26(33(5,6)7)29(43)39-14-20-23(34(20,8)9)24(39)28(42)36-21(25(40)27(35)41)13-19-11-10-12-19/h17-24,26,30-31H,10-16H2,1-9H3,(H2,35,41)(H,36,42)(H2,37,38,44)/t20-,21?,22+,23-,24?,26?,30?,31?/m0/s1. The minimum atomic E-state index is -1.09. The smallest absolute Gasteiger partial charge is 0.315 e. The first kappa shape index (κ1) is 37.1. The zero-order valence-corrected chi connectivity index (χ0v) is 29.6. The maximum Gasteiger partial charge on any atom is 0.315 e. The summed E-state index contributed by atoms with van der Waals surface area (Å²) in [5, 5.41) is 8.65. The predicted octanol–water partition coefficient (Wildman–Crippen LogP) is 2.31. The fourth-order valence-corrected chi connectivity index (χ4v) is 6.90. The lowest BCUT2D eigenvalue weighted by atomic mass is 9.80. The molecule has 0 radical (unpaired) electrons. The van der Waals surface area contributed by atoms with E-state index in [9.17, 15) is 24.0 Å². The maximum absolute atomic E-state index is 14.3. The molecule has 8 atom stereocenters. The third kappa shape index (κ3) is 8.83. The van der Waals surface area contributed by atoms with Crippen molar-refractivity contribution in [3.05, 3.63) is 0 Å². The third-order valence-corrected chi connectivity index (χ3v) is 10.4. The lowest BCUT2D eigenvalue weighted by molar-refractivity contribution is -0.145. The number of urea groups is 1. The Kier molecular flexibility index (Phi) is 11.3. The highest BCUT2D eigenvalue weighted by Gasteiger charge is 2.70. The van der Waals surface area contributed by atoms with Crippen LogP contribution in [0.25, 0.3) is 0 Å². The molecular formula is C34H57N5O8. The molecular weight excluding hydrogens is 606 g/mol. The van der Waals surface area contributed by atoms with Gasteiger partial charge in [-0.1, -0.05) is 81.6 Å². The molecule has 5 amide bonds. The lowest BCUT2D eigenvalue weighted by Gasteiger charge is -2.38. The van der Waals surface area contributed by atoms with Crippen molar-refractivity contribution in [2.75, 3.05) is 19.8 Å². The van der Waals surface area contributed by atoms with Crippen molar-refractivity contribution in [1.82, 2.24) is 20.9 Å². The van der Waals surface area contributed by atoms with Gasteiger partial charge in [-0.3, -0.25) is 19.2 Å². The summed E-state index contributed by atoms with van der Waals surface area (Å²) >= 11 is 0. The highest BCUT2D eigenvalue weighted by Crippen LogP contribution is 2.65. The van der Waals surface area contributed by atoms with Crippen molar-refractivity contribution >= 4 is 29.5 Å². The SMILES string of the molecule is CC(C)COC1OC1OC[C@@H](NC(=O)NC(C(=O)N1C[C@H]2[C@@H](C1C(=O)NC(CC1CCC1)C(=O)C(N)=O)C2(C)C)C(C)(C)C)C(C)C. The van der Waals surface area contributed by atoms with Crippen LogP contribution in [0.15, 0.2) is 0 Å². The molecule has 13 nitrogen and oxygen atoms in total. The van der Waals surface area contributed by atoms with Crippen molar-refractivity contribution in [3.8, 4) is 0 Å². The number of primary amides is 1. The molecule has 5 N–H and O–H groups in total. The fraction of sp³-hybridized carbons (Fsp3) is 0.853. The van der Waals surface area contributed by atoms with Crippen molar-refractivity contribution in [1.29, 1.82) is 0 Å². The molecule has 266 valence electrons. The van der Waals surface area contributed by atoms with Gasteiger partial charge in [-0.2, -0.15) is 0 Å². The van der Waals surface area contributed by atoms with E-state index in [0.29, 0.717) is 25.5 Å². The highest BCUT2D eigenvalue weighted by molar-refractivity contribution is 6.37. The van der Waals surface area contributed by atoms with Gasteiger partial charge in [-0.05, 0) is 46.8 Å². The van der Waals surface area contributed by atoms with Gasteiger partial charge in [0.05, 0.1) is 25.3 Å². The maximum atomic E-state index is 14.3. The number of carbonyl (C=O) groups is 5. The summed E-state index contributed by atoms with van der Waals surface area (Å²) in [6.45, 7) is 18.8. The van der Waals surface area contributed by atoms with E-state index in [1.165, 1.54) is 0 Å². The molecule has 47 heavy (non-hydrogen) atoms. The zero-order chi connectivity index (χ0) is 35.0. The van der Waals surface area contributed by atoms with Gasteiger partial charge in [0.2, 0.25) is 30.2 Å². The molecule has 5 unspecified atom stereocenters. The Bertz CT molecular complexity index is 1200. The molecule has 0 bridgehead atoms. The van der Waals surface area contributed by atoms with Gasteiger partial charge < -0.3 is 40.8 Å². The van der Waals surface area contributed by atoms with E-state index in [-0.39, 0.29) is 47.6 Å². The van der Waals surface area contributed by atoms with E-state index in [1.807, 2.05) is 48.5 Å². The third-order valence-electron chi connectivity index (χ3n) is 10.4. The first-order valence-corrected chi connectivity index (χ1v) is 17.2. The number of nitrogens with one attached hydrogen (secondary N) is 3. The first-order chi connectivity index (χ1) is 21.8. The van der Waals surface area contributed by atoms with Crippen LogP contribution >= 0.6 is 0 Å². The summed E-state index contributed by atoms with van der Waals surface area (Å²) in [7, 11) is 0. The molecule has 0 aromatic rings. The normalized spacial score (nSPS) is 28.1. The number of ketones is 1. The zero-order valence-electron chi connectivity index (χ0n) is 29.6. The number of nitrogens with two attached hydrogens (primary N) is 1. The summed E-state index contributed by atoms with van der Waals surface area (Å²) in [5.74, 6) is -2.15. The van der Waals surface area contributed by atoms with Crippen LogP contribution in [0.5, 0.6) is 0 Å². The van der Waals surface area contributed by atoms with Crippen LogP contribution in [-0.4, -0.2) is 90.9 Å². The first-order valence-electron chi connectivity index (χ1n) is 17.2. The van der Waals surface area contributed by atoms with Crippen molar-refractivity contribution < 1.29 is 38.2 Å². The molecule has 4 rings (SSSR count). The van der Waals surface area contributed by atoms with Gasteiger partial charge in [0.1, 0.15) is 12.1 Å². The van der Waals surface area contributed by atoms with Crippen molar-refractivity contribution in [2.24, 2.45) is 46.2 Å². The second-order valence-corrected chi connectivity index (χ2v) is 16.4. The van der Waals surface area contributed by atoms with Crippen molar-refractivity contribution in [3.63, 3.8) is 0 Å². The molecule has 4 aliphatic rings. The van der Waals surface area contributed by atoms with Crippen molar-refractivity contribution in [2.45, 2.75) is 125 Å². The number of nitrogens with zero attached hydrogens (tertiary/aromatic N) is 1. The van der Waals surface area contributed by atoms with Gasteiger partial charge in [0.15, 0.2) is 0 Å². The molecule has 2 heterocycles. The average molecular weight is 664 g/mol. The number of amides is 5. The molecule has 4 fully saturated rings. The molecule has 0 aromatic carbocycles. The number of piperidine rings is 1. The van der Waals surface area contributed by atoms with Crippen LogP contribution in [0.4, 0.5) is 4.79 Å².